The van der Waals surface area contributed by atoms with E-state index < -0.39 is 11.4 Å². The Kier molecular flexibility index (Phi) is 6.29. The van der Waals surface area contributed by atoms with Crippen LogP contribution in [0.2, 0.25) is 0 Å². The van der Waals surface area contributed by atoms with Gasteiger partial charge in [-0.05, 0) is 71.9 Å². The van der Waals surface area contributed by atoms with Crippen LogP contribution in [0.15, 0.2) is 30.5 Å². The van der Waals surface area contributed by atoms with Gasteiger partial charge in [-0.25, -0.2) is 0 Å². The second-order valence-corrected chi connectivity index (χ2v) is 9.73. The lowest BCUT2D eigenvalue weighted by Crippen LogP contribution is -2.46. The van der Waals surface area contributed by atoms with Crippen LogP contribution in [0.3, 0.4) is 0 Å². The van der Waals surface area contributed by atoms with Gasteiger partial charge in [0.1, 0.15) is 5.56 Å². The minimum Gasteiger partial charge on any atom is -0.368 e. The molecule has 2 aliphatic rings. The Balaban J connectivity index is 1.49. The lowest BCUT2D eigenvalue weighted by atomic mass is 9.84. The molecule has 0 unspecified atom stereocenters. The first-order chi connectivity index (χ1) is 14.5. The molecule has 1 aliphatic heterocycles. The molecule has 2 fully saturated rings. The van der Waals surface area contributed by atoms with Crippen LogP contribution in [-0.4, -0.2) is 40.2 Å². The van der Waals surface area contributed by atoms with Gasteiger partial charge in [0.2, 0.25) is 0 Å². The second kappa shape index (κ2) is 8.94. The molecule has 0 spiro atoms. The van der Waals surface area contributed by atoms with Gasteiger partial charge in [-0.2, -0.15) is 10.4 Å². The molecule has 0 radical (unpaired) electrons. The number of amides is 1. The molecule has 0 bridgehead atoms. The van der Waals surface area contributed by atoms with Crippen LogP contribution in [0, 0.1) is 20.8 Å². The summed E-state index contributed by atoms with van der Waals surface area (Å²) in [4.78, 5) is 14.4. The average molecular weight is 518 g/mol. The Morgan fingerprint density at radius 2 is 2.00 bits per heavy atom. The number of nitriles is 1. The fourth-order valence-corrected chi connectivity index (χ4v) is 4.46. The van der Waals surface area contributed by atoms with Gasteiger partial charge < -0.3 is 11.1 Å². The summed E-state index contributed by atoms with van der Waals surface area (Å²) >= 11 is 2.32. The number of likely N-dealkylation sites (tertiary alicyclic amines) is 1. The van der Waals surface area contributed by atoms with E-state index in [1.54, 1.807) is 6.20 Å². The van der Waals surface area contributed by atoms with Gasteiger partial charge in [0.25, 0.3) is 5.91 Å². The van der Waals surface area contributed by atoms with Crippen molar-refractivity contribution in [3.63, 3.8) is 0 Å². The number of nitrogens with two attached hydrogens (primary N) is 1. The van der Waals surface area contributed by atoms with E-state index in [1.165, 1.54) is 22.0 Å². The SMILES string of the molecule is N#CCC1(n2cc(C(N)=O)c(NCC3CC3)n2)CCN(Cc2ccc(I)cc2)CC1. The molecule has 1 aromatic carbocycles. The molecule has 0 atom stereocenters. The minimum absolute atomic E-state index is 0.367. The van der Waals surface area contributed by atoms with Gasteiger partial charge in [-0.3, -0.25) is 14.4 Å². The quantitative estimate of drug-likeness (QED) is 0.523. The predicted molar refractivity (Wildman–Crippen MR) is 124 cm³/mol. The van der Waals surface area contributed by atoms with E-state index in [-0.39, 0.29) is 0 Å². The number of carbonyl (C=O) groups excluding carboxylic acids is 1. The Hall–Kier alpha value is -2.12. The van der Waals surface area contributed by atoms with Crippen LogP contribution >= 0.6 is 22.6 Å². The highest BCUT2D eigenvalue weighted by Gasteiger charge is 2.38. The van der Waals surface area contributed by atoms with E-state index in [4.69, 9.17) is 10.8 Å². The van der Waals surface area contributed by atoms with Crippen LogP contribution in [0.1, 0.15) is 48.0 Å². The smallest absolute Gasteiger partial charge is 0.254 e. The molecule has 1 saturated heterocycles. The van der Waals surface area contributed by atoms with Crippen molar-refractivity contribution in [1.29, 1.82) is 5.26 Å². The number of primary amides is 1. The van der Waals surface area contributed by atoms with Gasteiger partial charge in [-0.15, -0.1) is 0 Å². The maximum absolute atomic E-state index is 12.0. The molecule has 7 nitrogen and oxygen atoms in total. The molecular formula is C22H27IN6O. The Labute approximate surface area is 190 Å². The molecule has 3 N–H and O–H groups in total. The highest BCUT2D eigenvalue weighted by molar-refractivity contribution is 14.1. The number of aromatic nitrogens is 2. The molecule has 2 aromatic rings. The van der Waals surface area contributed by atoms with Gasteiger partial charge in [0.15, 0.2) is 5.82 Å². The van der Waals surface area contributed by atoms with Crippen LogP contribution in [0.4, 0.5) is 5.82 Å². The van der Waals surface area contributed by atoms with Crippen molar-refractivity contribution < 1.29 is 4.79 Å². The first-order valence-electron chi connectivity index (χ1n) is 10.5. The summed E-state index contributed by atoms with van der Waals surface area (Å²) in [5.41, 5.74) is 6.91. The largest absolute Gasteiger partial charge is 0.368 e. The van der Waals surface area contributed by atoms with Crippen molar-refractivity contribution in [2.24, 2.45) is 11.7 Å². The number of piperidine rings is 1. The maximum Gasteiger partial charge on any atom is 0.254 e. The molecule has 1 aliphatic carbocycles. The molecule has 158 valence electrons. The molecular weight excluding hydrogens is 491 g/mol. The minimum atomic E-state index is -0.484. The van der Waals surface area contributed by atoms with Crippen molar-refractivity contribution >= 4 is 34.3 Å². The number of nitrogens with one attached hydrogen (secondary N) is 1. The summed E-state index contributed by atoms with van der Waals surface area (Å²) in [5.74, 6) is 0.726. The van der Waals surface area contributed by atoms with Crippen molar-refractivity contribution in [2.75, 3.05) is 25.0 Å². The van der Waals surface area contributed by atoms with Crippen molar-refractivity contribution in [3.05, 3.63) is 45.2 Å². The third-order valence-electron chi connectivity index (χ3n) is 6.24. The molecule has 2 heterocycles. The van der Waals surface area contributed by atoms with Gasteiger partial charge in [0, 0.05) is 35.9 Å². The van der Waals surface area contributed by atoms with E-state index >= 15 is 0 Å². The molecule has 1 saturated carbocycles. The number of nitrogens with zero attached hydrogens (tertiary/aromatic N) is 4. The van der Waals surface area contributed by atoms with E-state index in [1.807, 2.05) is 4.68 Å². The second-order valence-electron chi connectivity index (χ2n) is 8.49. The van der Waals surface area contributed by atoms with Gasteiger partial charge in [-0.1, -0.05) is 12.1 Å². The summed E-state index contributed by atoms with van der Waals surface area (Å²) in [5, 5.41) is 17.5. The number of carbonyl (C=O) groups is 1. The lowest BCUT2D eigenvalue weighted by molar-refractivity contribution is 0.0967. The standard InChI is InChI=1S/C22H27IN6O/c23-18-5-3-17(4-6-18)14-28-11-8-22(7-10-24,9-12-28)29-15-19(20(25)30)21(27-29)26-13-16-1-2-16/h3-6,15-16H,1-2,7-9,11-14H2,(H2,25,30)(H,26,27). The van der Waals surface area contributed by atoms with E-state index in [0.29, 0.717) is 23.7 Å². The number of anilines is 1. The molecule has 1 amide bonds. The number of rotatable bonds is 8. The zero-order valence-electron chi connectivity index (χ0n) is 17.0. The van der Waals surface area contributed by atoms with E-state index in [9.17, 15) is 10.1 Å². The third-order valence-corrected chi connectivity index (χ3v) is 6.95. The van der Waals surface area contributed by atoms with E-state index in [0.717, 1.165) is 39.0 Å². The Morgan fingerprint density at radius 1 is 1.30 bits per heavy atom. The zero-order valence-corrected chi connectivity index (χ0v) is 19.1. The molecule has 4 rings (SSSR count). The van der Waals surface area contributed by atoms with Crippen molar-refractivity contribution in [1.82, 2.24) is 14.7 Å². The van der Waals surface area contributed by atoms with Crippen LogP contribution < -0.4 is 11.1 Å². The monoisotopic (exact) mass is 518 g/mol. The Bertz CT molecular complexity index is 936. The number of benzene rings is 1. The van der Waals surface area contributed by atoms with E-state index in [2.05, 4.69) is 63.1 Å². The van der Waals surface area contributed by atoms with Gasteiger partial charge in [0.05, 0.1) is 18.0 Å². The van der Waals surface area contributed by atoms with Crippen molar-refractivity contribution in [3.8, 4) is 6.07 Å². The number of hydrogen-bond donors (Lipinski definition) is 2. The van der Waals surface area contributed by atoms with Crippen molar-refractivity contribution in [2.45, 2.75) is 44.2 Å². The van der Waals surface area contributed by atoms with Crippen LogP contribution in [0.25, 0.3) is 0 Å². The summed E-state index contributed by atoms with van der Waals surface area (Å²) in [7, 11) is 0. The predicted octanol–water partition coefficient (Wildman–Crippen LogP) is 3.31. The van der Waals surface area contributed by atoms with Crippen LogP contribution in [-0.2, 0) is 12.1 Å². The molecule has 30 heavy (non-hydrogen) atoms. The molecule has 8 heteroatoms. The lowest BCUT2D eigenvalue weighted by Gasteiger charge is -2.40. The average Bonchev–Trinajstić information content (AvgIpc) is 3.46. The summed E-state index contributed by atoms with van der Waals surface area (Å²) in [6, 6.07) is 10.9. The maximum atomic E-state index is 12.0. The fourth-order valence-electron chi connectivity index (χ4n) is 4.10. The number of hydrogen-bond acceptors (Lipinski definition) is 5. The summed E-state index contributed by atoms with van der Waals surface area (Å²) in [6.07, 6.45) is 6.17. The Morgan fingerprint density at radius 3 is 2.60 bits per heavy atom. The zero-order chi connectivity index (χ0) is 21.1. The van der Waals surface area contributed by atoms with Crippen LogP contribution in [0.5, 0.6) is 0 Å². The number of halogens is 1. The normalized spacial score (nSPS) is 18.7. The fraction of sp³-hybridized carbons (Fsp3) is 0.500. The van der Waals surface area contributed by atoms with Gasteiger partial charge >= 0.3 is 0 Å². The first kappa shape index (κ1) is 21.1. The summed E-state index contributed by atoms with van der Waals surface area (Å²) < 4.78 is 3.08. The highest BCUT2D eigenvalue weighted by Crippen LogP contribution is 2.35. The topological polar surface area (TPSA) is 100.0 Å². The first-order valence-corrected chi connectivity index (χ1v) is 11.5. The highest BCUT2D eigenvalue weighted by atomic mass is 127. The summed E-state index contributed by atoms with van der Waals surface area (Å²) in [6.45, 7) is 3.47. The molecule has 1 aromatic heterocycles. The third kappa shape index (κ3) is 4.78.